The third-order valence-corrected chi connectivity index (χ3v) is 2.26. The van der Waals surface area contributed by atoms with E-state index >= 15 is 0 Å². The summed E-state index contributed by atoms with van der Waals surface area (Å²) >= 11 is 0. The largest absolute Gasteiger partial charge is 0.314 e. The smallest absolute Gasteiger partial charge is 0.0348 e. The van der Waals surface area contributed by atoms with Crippen molar-refractivity contribution in [3.8, 4) is 0 Å². The van der Waals surface area contributed by atoms with Gasteiger partial charge < -0.3 is 5.32 Å². The summed E-state index contributed by atoms with van der Waals surface area (Å²) in [6.45, 7) is 8.92. The van der Waals surface area contributed by atoms with Crippen molar-refractivity contribution >= 4 is 0 Å². The van der Waals surface area contributed by atoms with Crippen molar-refractivity contribution in [2.45, 2.75) is 19.9 Å². The first kappa shape index (κ1) is 8.75. The molecule has 1 N–H and O–H groups in total. The van der Waals surface area contributed by atoms with E-state index in [1.807, 2.05) is 0 Å². The Morgan fingerprint density at radius 1 is 1.55 bits per heavy atom. The third-order valence-electron chi connectivity index (χ3n) is 2.26. The lowest BCUT2D eigenvalue weighted by atomic mass is 10.1. The highest BCUT2D eigenvalue weighted by Crippen LogP contribution is 2.03. The summed E-state index contributed by atoms with van der Waals surface area (Å²) in [6, 6.07) is 0.788. The van der Waals surface area contributed by atoms with E-state index in [9.17, 15) is 0 Å². The number of rotatable bonds is 4. The van der Waals surface area contributed by atoms with Gasteiger partial charge >= 0.3 is 0 Å². The van der Waals surface area contributed by atoms with E-state index in [1.54, 1.807) is 0 Å². The van der Waals surface area contributed by atoms with Crippen molar-refractivity contribution in [1.29, 1.82) is 0 Å². The van der Waals surface area contributed by atoms with Crippen LogP contribution in [0.3, 0.4) is 0 Å². The maximum Gasteiger partial charge on any atom is 0.0348 e. The van der Waals surface area contributed by atoms with Crippen molar-refractivity contribution in [2.24, 2.45) is 0 Å². The minimum absolute atomic E-state index is 0.788. The molecular weight excluding hydrogens is 136 g/mol. The summed E-state index contributed by atoms with van der Waals surface area (Å²) < 4.78 is 0. The molecule has 0 atom stereocenters. The average Bonchev–Trinajstić information content (AvgIpc) is 1.93. The van der Waals surface area contributed by atoms with E-state index in [2.05, 4.69) is 36.2 Å². The molecule has 11 heavy (non-hydrogen) atoms. The van der Waals surface area contributed by atoms with Gasteiger partial charge in [0.2, 0.25) is 0 Å². The Kier molecular flexibility index (Phi) is 3.60. The van der Waals surface area contributed by atoms with Crippen LogP contribution in [0.2, 0.25) is 0 Å². The van der Waals surface area contributed by atoms with Crippen molar-refractivity contribution in [3.05, 3.63) is 12.2 Å². The first-order chi connectivity index (χ1) is 5.38. The average molecular weight is 154 g/mol. The second-order valence-corrected chi connectivity index (χ2v) is 2.97. The van der Waals surface area contributed by atoms with Gasteiger partial charge in [-0.25, -0.2) is 0 Å². The van der Waals surface area contributed by atoms with Crippen molar-refractivity contribution in [2.75, 3.05) is 26.2 Å². The molecule has 0 aromatic carbocycles. The number of nitrogens with zero attached hydrogens (tertiary/aromatic N) is 1. The van der Waals surface area contributed by atoms with Gasteiger partial charge in [0.05, 0.1) is 0 Å². The van der Waals surface area contributed by atoms with Gasteiger partial charge in [-0.1, -0.05) is 19.1 Å². The van der Waals surface area contributed by atoms with Crippen molar-refractivity contribution in [3.63, 3.8) is 0 Å². The predicted molar refractivity (Wildman–Crippen MR) is 48.7 cm³/mol. The molecule has 0 aromatic heterocycles. The molecule has 2 nitrogen and oxygen atoms in total. The fourth-order valence-electron chi connectivity index (χ4n) is 1.31. The normalized spacial score (nSPS) is 19.5. The second kappa shape index (κ2) is 4.52. The van der Waals surface area contributed by atoms with Gasteiger partial charge in [0.25, 0.3) is 0 Å². The maximum atomic E-state index is 3.29. The number of likely N-dealkylation sites (N-methyl/N-ethyl adjacent to an activating group) is 1. The molecular formula is C9H18N2. The van der Waals surface area contributed by atoms with Gasteiger partial charge in [0, 0.05) is 25.7 Å². The van der Waals surface area contributed by atoms with Crippen LogP contribution in [0.25, 0.3) is 0 Å². The summed E-state index contributed by atoms with van der Waals surface area (Å²) in [5, 5.41) is 3.29. The summed E-state index contributed by atoms with van der Waals surface area (Å²) in [5.41, 5.74) is 0. The fraction of sp³-hybridized carbons (Fsp3) is 0.778. The predicted octanol–water partition coefficient (Wildman–Crippen LogP) is 0.856. The quantitative estimate of drug-likeness (QED) is 0.604. The molecule has 1 aliphatic rings. The Morgan fingerprint density at radius 3 is 2.64 bits per heavy atom. The van der Waals surface area contributed by atoms with Crippen LogP contribution < -0.4 is 5.32 Å². The van der Waals surface area contributed by atoms with Crippen LogP contribution in [0.15, 0.2) is 12.2 Å². The Bertz CT molecular complexity index is 128. The van der Waals surface area contributed by atoms with Gasteiger partial charge in [-0.2, -0.15) is 0 Å². The minimum atomic E-state index is 0.788. The van der Waals surface area contributed by atoms with Crippen LogP contribution in [-0.4, -0.2) is 37.1 Å². The first-order valence-corrected chi connectivity index (χ1v) is 4.44. The number of hydrogen-bond acceptors (Lipinski definition) is 2. The Balaban J connectivity index is 2.23. The van der Waals surface area contributed by atoms with E-state index in [0.29, 0.717) is 0 Å². The van der Waals surface area contributed by atoms with E-state index in [4.69, 9.17) is 0 Å². The van der Waals surface area contributed by atoms with E-state index in [-0.39, 0.29) is 0 Å². The van der Waals surface area contributed by atoms with Gasteiger partial charge in [0.15, 0.2) is 0 Å². The summed E-state index contributed by atoms with van der Waals surface area (Å²) in [7, 11) is 0. The highest BCUT2D eigenvalue weighted by atomic mass is 15.2. The van der Waals surface area contributed by atoms with Crippen LogP contribution in [0.4, 0.5) is 0 Å². The van der Waals surface area contributed by atoms with Crippen LogP contribution >= 0.6 is 0 Å². The molecule has 0 saturated carbocycles. The topological polar surface area (TPSA) is 15.3 Å². The fourth-order valence-corrected chi connectivity index (χ4v) is 1.31. The van der Waals surface area contributed by atoms with Gasteiger partial charge in [0.1, 0.15) is 0 Å². The lowest BCUT2D eigenvalue weighted by Gasteiger charge is -2.36. The molecule has 1 heterocycles. The van der Waals surface area contributed by atoms with E-state index in [1.165, 1.54) is 13.1 Å². The van der Waals surface area contributed by atoms with Crippen LogP contribution in [0, 0.1) is 0 Å². The monoisotopic (exact) mass is 154 g/mol. The molecule has 0 aliphatic carbocycles. The molecule has 0 spiro atoms. The van der Waals surface area contributed by atoms with Gasteiger partial charge in [-0.15, -0.1) is 0 Å². The molecule has 0 amide bonds. The molecule has 1 aliphatic heterocycles. The summed E-state index contributed by atoms with van der Waals surface area (Å²) in [6.07, 6.45) is 4.34. The third kappa shape index (κ3) is 2.31. The standard InChI is InChI=1S/C9H18N2/c1-3-5-6-11(4-2)9-7-10-8-9/h3,5,9-10H,4,6-8H2,1-2H3. The lowest BCUT2D eigenvalue weighted by Crippen LogP contribution is -2.57. The highest BCUT2D eigenvalue weighted by molar-refractivity contribution is 4.89. The zero-order chi connectivity index (χ0) is 8.10. The molecule has 0 aromatic rings. The molecule has 0 unspecified atom stereocenters. The SMILES string of the molecule is CC=CCN(CC)C1CNC1. The number of allylic oxidation sites excluding steroid dienone is 1. The highest BCUT2D eigenvalue weighted by Gasteiger charge is 2.21. The molecule has 1 fully saturated rings. The Labute approximate surface area is 69.3 Å². The van der Waals surface area contributed by atoms with Crippen LogP contribution in [-0.2, 0) is 0 Å². The van der Waals surface area contributed by atoms with Crippen LogP contribution in [0.1, 0.15) is 13.8 Å². The Hall–Kier alpha value is -0.340. The number of nitrogens with one attached hydrogen (secondary N) is 1. The maximum absolute atomic E-state index is 3.29. The van der Waals surface area contributed by atoms with Gasteiger partial charge in [-0.3, -0.25) is 4.90 Å². The molecule has 1 rings (SSSR count). The van der Waals surface area contributed by atoms with E-state index < -0.39 is 0 Å². The zero-order valence-corrected chi connectivity index (χ0v) is 7.51. The lowest BCUT2D eigenvalue weighted by molar-refractivity contribution is 0.169. The number of hydrogen-bond donors (Lipinski definition) is 1. The molecule has 0 radical (unpaired) electrons. The molecule has 0 bridgehead atoms. The minimum Gasteiger partial charge on any atom is -0.314 e. The first-order valence-electron chi connectivity index (χ1n) is 4.44. The van der Waals surface area contributed by atoms with Gasteiger partial charge in [-0.05, 0) is 13.5 Å². The second-order valence-electron chi connectivity index (χ2n) is 2.97. The zero-order valence-electron chi connectivity index (χ0n) is 7.51. The van der Waals surface area contributed by atoms with Crippen molar-refractivity contribution in [1.82, 2.24) is 10.2 Å². The molecule has 64 valence electrons. The molecule has 2 heteroatoms. The van der Waals surface area contributed by atoms with Crippen LogP contribution in [0.5, 0.6) is 0 Å². The Morgan fingerprint density at radius 2 is 2.27 bits per heavy atom. The summed E-state index contributed by atoms with van der Waals surface area (Å²) in [4.78, 5) is 2.50. The van der Waals surface area contributed by atoms with E-state index in [0.717, 1.165) is 19.1 Å². The molecule has 1 saturated heterocycles. The van der Waals surface area contributed by atoms with Crippen molar-refractivity contribution < 1.29 is 0 Å². The summed E-state index contributed by atoms with van der Waals surface area (Å²) in [5.74, 6) is 0.